The van der Waals surface area contributed by atoms with E-state index < -0.39 is 15.8 Å². The van der Waals surface area contributed by atoms with Crippen LogP contribution in [0.2, 0.25) is 0 Å². The van der Waals surface area contributed by atoms with Crippen molar-refractivity contribution in [2.24, 2.45) is 0 Å². The molecule has 7 heteroatoms. The highest BCUT2D eigenvalue weighted by Crippen LogP contribution is 2.29. The number of oxazole rings is 1. The second-order valence-electron chi connectivity index (χ2n) is 3.83. The molecule has 0 spiro atoms. The summed E-state index contributed by atoms with van der Waals surface area (Å²) in [6.07, 6.45) is 2.21. The Morgan fingerprint density at radius 2 is 2.31 bits per heavy atom. The largest absolute Gasteiger partial charge is 0.475 e. The number of carboxylic acid groups (broad SMARTS) is 1. The number of hydrogen-bond donors (Lipinski definition) is 1. The van der Waals surface area contributed by atoms with E-state index in [9.17, 15) is 13.2 Å². The van der Waals surface area contributed by atoms with Gasteiger partial charge in [0.25, 0.3) is 0 Å². The molecule has 0 radical (unpaired) electrons. The second kappa shape index (κ2) is 3.89. The Balaban J connectivity index is 2.30. The molecule has 1 aliphatic rings. The molecule has 6 nitrogen and oxygen atoms in total. The van der Waals surface area contributed by atoms with Crippen molar-refractivity contribution < 1.29 is 22.7 Å². The highest BCUT2D eigenvalue weighted by Gasteiger charge is 2.31. The van der Waals surface area contributed by atoms with Crippen molar-refractivity contribution in [1.82, 2.24) is 4.98 Å². The van der Waals surface area contributed by atoms with Crippen molar-refractivity contribution in [3.8, 4) is 0 Å². The summed E-state index contributed by atoms with van der Waals surface area (Å²) in [5.41, 5.74) is 0.246. The number of rotatable bonds is 2. The van der Waals surface area contributed by atoms with Gasteiger partial charge in [-0.3, -0.25) is 0 Å². The maximum atomic E-state index is 11.4. The normalized spacial score (nSPS) is 24.1. The molecule has 0 aliphatic carbocycles. The van der Waals surface area contributed by atoms with E-state index >= 15 is 0 Å². The van der Waals surface area contributed by atoms with Gasteiger partial charge in [0.2, 0.25) is 5.76 Å². The van der Waals surface area contributed by atoms with Gasteiger partial charge >= 0.3 is 5.97 Å². The number of aromatic nitrogens is 1. The van der Waals surface area contributed by atoms with Gasteiger partial charge < -0.3 is 9.52 Å². The molecule has 1 fully saturated rings. The third-order valence-electron chi connectivity index (χ3n) is 2.64. The highest BCUT2D eigenvalue weighted by molar-refractivity contribution is 7.91. The summed E-state index contributed by atoms with van der Waals surface area (Å²) in [6.45, 7) is 0. The monoisotopic (exact) mass is 245 g/mol. The number of sulfone groups is 1. The van der Waals surface area contributed by atoms with Crippen LogP contribution in [0.15, 0.2) is 10.8 Å². The van der Waals surface area contributed by atoms with Crippen LogP contribution in [0, 0.1) is 0 Å². The molecule has 1 atom stereocenters. The molecule has 0 saturated carbocycles. The van der Waals surface area contributed by atoms with Gasteiger partial charge in [0, 0.05) is 5.92 Å². The van der Waals surface area contributed by atoms with Gasteiger partial charge in [-0.05, 0) is 12.8 Å². The van der Waals surface area contributed by atoms with Crippen LogP contribution in [0.3, 0.4) is 0 Å². The molecule has 1 N–H and O–H groups in total. The maximum absolute atomic E-state index is 11.4. The van der Waals surface area contributed by atoms with E-state index in [1.54, 1.807) is 0 Å². The molecule has 1 unspecified atom stereocenters. The van der Waals surface area contributed by atoms with Crippen molar-refractivity contribution in [3.63, 3.8) is 0 Å². The first kappa shape index (κ1) is 11.1. The molecule has 0 amide bonds. The average molecular weight is 245 g/mol. The minimum Gasteiger partial charge on any atom is -0.475 e. The zero-order valence-corrected chi connectivity index (χ0v) is 9.24. The first-order valence-corrected chi connectivity index (χ1v) is 6.69. The number of hydrogen-bond acceptors (Lipinski definition) is 5. The molecular weight excluding hydrogens is 234 g/mol. The van der Waals surface area contributed by atoms with Crippen molar-refractivity contribution in [2.75, 3.05) is 11.5 Å². The lowest BCUT2D eigenvalue weighted by molar-refractivity contribution is 0.0660. The van der Waals surface area contributed by atoms with Crippen LogP contribution in [0.25, 0.3) is 0 Å². The lowest BCUT2D eigenvalue weighted by atomic mass is 10.0. The summed E-state index contributed by atoms with van der Waals surface area (Å²) in [5.74, 6) is -1.69. The quantitative estimate of drug-likeness (QED) is 0.822. The Hall–Kier alpha value is -1.37. The highest BCUT2D eigenvalue weighted by atomic mass is 32.2. The van der Waals surface area contributed by atoms with Crippen LogP contribution < -0.4 is 0 Å². The lowest BCUT2D eigenvalue weighted by Gasteiger charge is -2.20. The number of carboxylic acids is 1. The minimum atomic E-state index is -3.08. The second-order valence-corrected chi connectivity index (χ2v) is 6.05. The van der Waals surface area contributed by atoms with Gasteiger partial charge in [-0.1, -0.05) is 0 Å². The molecular formula is C9H11NO5S. The van der Waals surface area contributed by atoms with Crippen LogP contribution in [0.1, 0.15) is 35.0 Å². The van der Waals surface area contributed by atoms with E-state index in [1.807, 2.05) is 0 Å². The Labute approximate surface area is 92.2 Å². The molecule has 1 aromatic rings. The van der Waals surface area contributed by atoms with Gasteiger partial charge in [-0.2, -0.15) is 0 Å². The minimum absolute atomic E-state index is 0.0419. The van der Waals surface area contributed by atoms with E-state index in [2.05, 4.69) is 4.98 Å². The van der Waals surface area contributed by atoms with Crippen LogP contribution in [0.5, 0.6) is 0 Å². The van der Waals surface area contributed by atoms with Gasteiger partial charge in [-0.15, -0.1) is 0 Å². The fourth-order valence-electron chi connectivity index (χ4n) is 1.94. The third kappa shape index (κ3) is 2.08. The lowest BCUT2D eigenvalue weighted by Crippen LogP contribution is -2.25. The third-order valence-corrected chi connectivity index (χ3v) is 4.46. The number of nitrogens with zero attached hydrogens (tertiary/aromatic N) is 1. The number of aromatic carboxylic acids is 1. The first-order valence-electron chi connectivity index (χ1n) is 4.87. The van der Waals surface area contributed by atoms with Crippen LogP contribution in [-0.4, -0.2) is 36.0 Å². The Kier molecular flexibility index (Phi) is 2.71. The van der Waals surface area contributed by atoms with E-state index in [0.717, 1.165) is 6.39 Å². The fourth-order valence-corrected chi connectivity index (χ4v) is 3.65. The van der Waals surface area contributed by atoms with Gasteiger partial charge in [-0.25, -0.2) is 18.2 Å². The van der Waals surface area contributed by atoms with E-state index in [0.29, 0.717) is 12.8 Å². The Morgan fingerprint density at radius 3 is 2.94 bits per heavy atom. The molecule has 16 heavy (non-hydrogen) atoms. The zero-order chi connectivity index (χ0) is 11.8. The van der Waals surface area contributed by atoms with Gasteiger partial charge in [0.05, 0.1) is 17.2 Å². The van der Waals surface area contributed by atoms with E-state index in [4.69, 9.17) is 9.52 Å². The molecule has 0 aromatic carbocycles. The summed E-state index contributed by atoms with van der Waals surface area (Å²) in [5, 5.41) is 8.83. The predicted octanol–water partition coefficient (Wildman–Crippen LogP) is 0.665. The zero-order valence-electron chi connectivity index (χ0n) is 8.42. The Morgan fingerprint density at radius 1 is 1.56 bits per heavy atom. The fraction of sp³-hybridized carbons (Fsp3) is 0.556. The van der Waals surface area contributed by atoms with Crippen LogP contribution in [0.4, 0.5) is 0 Å². The molecule has 2 heterocycles. The molecule has 1 saturated heterocycles. The summed E-state index contributed by atoms with van der Waals surface area (Å²) >= 11 is 0. The van der Waals surface area contributed by atoms with Crippen molar-refractivity contribution in [1.29, 1.82) is 0 Å². The molecule has 88 valence electrons. The van der Waals surface area contributed by atoms with Gasteiger partial charge in [0.1, 0.15) is 0 Å². The van der Waals surface area contributed by atoms with Gasteiger partial charge in [0.15, 0.2) is 16.2 Å². The van der Waals surface area contributed by atoms with Crippen molar-refractivity contribution in [3.05, 3.63) is 17.8 Å². The smallest absolute Gasteiger partial charge is 0.373 e. The average Bonchev–Trinajstić information content (AvgIpc) is 2.64. The molecule has 1 aromatic heterocycles. The first-order chi connectivity index (χ1) is 7.49. The topological polar surface area (TPSA) is 97.5 Å². The van der Waals surface area contributed by atoms with E-state index in [1.165, 1.54) is 0 Å². The van der Waals surface area contributed by atoms with E-state index in [-0.39, 0.29) is 28.9 Å². The SMILES string of the molecule is O=C(O)c1ocnc1C1CCCS(=O)(=O)C1. The molecule has 0 bridgehead atoms. The van der Waals surface area contributed by atoms with Crippen LogP contribution in [-0.2, 0) is 9.84 Å². The summed E-state index contributed by atoms with van der Waals surface area (Å²) in [7, 11) is -3.08. The molecule has 1 aliphatic heterocycles. The van der Waals surface area contributed by atoms with Crippen molar-refractivity contribution in [2.45, 2.75) is 18.8 Å². The maximum Gasteiger partial charge on any atom is 0.373 e. The van der Waals surface area contributed by atoms with Crippen LogP contribution >= 0.6 is 0 Å². The molecule has 2 rings (SSSR count). The summed E-state index contributed by atoms with van der Waals surface area (Å²) < 4.78 is 27.6. The Bertz CT molecular complexity index is 504. The standard InChI is InChI=1S/C9H11NO5S/c11-9(12)8-7(10-5-15-8)6-2-1-3-16(13,14)4-6/h5-6H,1-4H2,(H,11,12). The van der Waals surface area contributed by atoms with Crippen molar-refractivity contribution >= 4 is 15.8 Å². The predicted molar refractivity (Wildman–Crippen MR) is 54.1 cm³/mol. The summed E-state index contributed by atoms with van der Waals surface area (Å²) in [6, 6.07) is 0. The number of carbonyl (C=O) groups is 1. The summed E-state index contributed by atoms with van der Waals surface area (Å²) in [4.78, 5) is 14.6.